The van der Waals surface area contributed by atoms with Crippen LogP contribution in [0.15, 0.2) is 12.4 Å². The van der Waals surface area contributed by atoms with Crippen LogP contribution in [-0.4, -0.2) is 16.6 Å². The van der Waals surface area contributed by atoms with Crippen LogP contribution in [0.5, 0.6) is 5.88 Å². The summed E-state index contributed by atoms with van der Waals surface area (Å²) in [5.74, 6) is 1.57. The molecule has 0 atom stereocenters. The van der Waals surface area contributed by atoms with Gasteiger partial charge in [0.15, 0.2) is 0 Å². The highest BCUT2D eigenvalue weighted by Gasteiger charge is 1.99. The number of alkyl halides is 1. The van der Waals surface area contributed by atoms with Crippen molar-refractivity contribution in [3.63, 3.8) is 0 Å². The quantitative estimate of drug-likeness (QED) is 0.707. The van der Waals surface area contributed by atoms with E-state index in [9.17, 15) is 0 Å². The summed E-state index contributed by atoms with van der Waals surface area (Å²) in [7, 11) is 0. The van der Waals surface area contributed by atoms with E-state index in [0.29, 0.717) is 24.3 Å². The van der Waals surface area contributed by atoms with Crippen LogP contribution in [0.1, 0.15) is 26.0 Å². The Kier molecular flexibility index (Phi) is 4.66. The van der Waals surface area contributed by atoms with Crippen molar-refractivity contribution in [2.24, 2.45) is 5.92 Å². The maximum atomic E-state index is 5.63. The predicted octanol–water partition coefficient (Wildman–Crippen LogP) is 2.64. The van der Waals surface area contributed by atoms with E-state index in [1.54, 1.807) is 12.4 Å². The third kappa shape index (κ3) is 3.92. The highest BCUT2D eigenvalue weighted by molar-refractivity contribution is 6.16. The van der Waals surface area contributed by atoms with E-state index in [0.717, 1.165) is 12.1 Å². The largest absolute Gasteiger partial charge is 0.477 e. The smallest absolute Gasteiger partial charge is 0.232 e. The van der Waals surface area contributed by atoms with Crippen molar-refractivity contribution in [2.45, 2.75) is 26.1 Å². The molecule has 0 spiro atoms. The zero-order valence-corrected chi connectivity index (χ0v) is 9.29. The molecule has 1 heterocycles. The Bertz CT molecular complexity index is 279. The molecule has 0 N–H and O–H groups in total. The molecular weight excluding hydrogens is 200 g/mol. The Morgan fingerprint density at radius 3 is 2.86 bits per heavy atom. The number of rotatable bonds is 5. The van der Waals surface area contributed by atoms with Gasteiger partial charge in [-0.3, -0.25) is 4.98 Å². The molecule has 0 saturated heterocycles. The molecule has 0 bridgehead atoms. The molecule has 0 unspecified atom stereocenters. The number of halogens is 1. The van der Waals surface area contributed by atoms with Gasteiger partial charge in [0.05, 0.1) is 24.4 Å². The Morgan fingerprint density at radius 1 is 1.43 bits per heavy atom. The third-order valence-electron chi connectivity index (χ3n) is 1.74. The molecule has 1 aromatic heterocycles. The van der Waals surface area contributed by atoms with Crippen LogP contribution in [0.4, 0.5) is 0 Å². The maximum Gasteiger partial charge on any atom is 0.232 e. The van der Waals surface area contributed by atoms with E-state index < -0.39 is 0 Å². The average Bonchev–Trinajstić information content (AvgIpc) is 2.18. The standard InChI is InChI=1S/C10H15ClN2O/c1-8(2)3-4-14-10-7-12-6-9(5-11)13-10/h6-8H,3-5H2,1-2H3. The number of hydrogen-bond donors (Lipinski definition) is 0. The lowest BCUT2D eigenvalue weighted by Crippen LogP contribution is -2.03. The molecule has 0 aromatic carbocycles. The summed E-state index contributed by atoms with van der Waals surface area (Å²) in [6, 6.07) is 0. The molecule has 0 radical (unpaired) electrons. The van der Waals surface area contributed by atoms with Crippen molar-refractivity contribution >= 4 is 11.6 Å². The first kappa shape index (κ1) is 11.2. The van der Waals surface area contributed by atoms with Gasteiger partial charge in [-0.1, -0.05) is 13.8 Å². The molecule has 4 heteroatoms. The highest BCUT2D eigenvalue weighted by atomic mass is 35.5. The monoisotopic (exact) mass is 214 g/mol. The number of ether oxygens (including phenoxy) is 1. The topological polar surface area (TPSA) is 35.0 Å². The first-order valence-corrected chi connectivity index (χ1v) is 5.25. The van der Waals surface area contributed by atoms with Gasteiger partial charge in [0.25, 0.3) is 0 Å². The third-order valence-corrected chi connectivity index (χ3v) is 2.02. The van der Waals surface area contributed by atoms with Crippen LogP contribution >= 0.6 is 11.6 Å². The van der Waals surface area contributed by atoms with Crippen LogP contribution in [0.2, 0.25) is 0 Å². The maximum absolute atomic E-state index is 5.63. The fraction of sp³-hybridized carbons (Fsp3) is 0.600. The Labute approximate surface area is 89.5 Å². The van der Waals surface area contributed by atoms with E-state index in [1.165, 1.54) is 0 Å². The minimum absolute atomic E-state index is 0.369. The molecule has 3 nitrogen and oxygen atoms in total. The fourth-order valence-corrected chi connectivity index (χ4v) is 1.05. The van der Waals surface area contributed by atoms with Gasteiger partial charge in [-0.15, -0.1) is 11.6 Å². The second kappa shape index (κ2) is 5.81. The lowest BCUT2D eigenvalue weighted by molar-refractivity contribution is 0.277. The first-order valence-electron chi connectivity index (χ1n) is 4.72. The minimum Gasteiger partial charge on any atom is -0.477 e. The van der Waals surface area contributed by atoms with Crippen molar-refractivity contribution < 1.29 is 4.74 Å². The van der Waals surface area contributed by atoms with Gasteiger partial charge in [-0.2, -0.15) is 0 Å². The van der Waals surface area contributed by atoms with Crippen molar-refractivity contribution in [1.29, 1.82) is 0 Å². The summed E-state index contributed by atoms with van der Waals surface area (Å²) >= 11 is 5.63. The molecule has 1 rings (SSSR count). The normalized spacial score (nSPS) is 10.6. The van der Waals surface area contributed by atoms with Gasteiger partial charge in [0.2, 0.25) is 5.88 Å². The molecule has 0 fully saturated rings. The molecule has 1 aromatic rings. The molecule has 0 aliphatic heterocycles. The van der Waals surface area contributed by atoms with Crippen LogP contribution in [0.3, 0.4) is 0 Å². The zero-order chi connectivity index (χ0) is 10.4. The number of aromatic nitrogens is 2. The van der Waals surface area contributed by atoms with E-state index in [1.807, 2.05) is 0 Å². The van der Waals surface area contributed by atoms with Crippen molar-refractivity contribution in [3.05, 3.63) is 18.1 Å². The van der Waals surface area contributed by atoms with E-state index in [2.05, 4.69) is 23.8 Å². The lowest BCUT2D eigenvalue weighted by atomic mass is 10.1. The molecule has 14 heavy (non-hydrogen) atoms. The van der Waals surface area contributed by atoms with Crippen molar-refractivity contribution in [3.8, 4) is 5.88 Å². The highest BCUT2D eigenvalue weighted by Crippen LogP contribution is 2.08. The fourth-order valence-electron chi connectivity index (χ4n) is 0.919. The number of hydrogen-bond acceptors (Lipinski definition) is 3. The summed E-state index contributed by atoms with van der Waals surface area (Å²) < 4.78 is 5.43. The van der Waals surface area contributed by atoms with E-state index in [4.69, 9.17) is 16.3 Å². The zero-order valence-electron chi connectivity index (χ0n) is 8.53. The van der Waals surface area contributed by atoms with Gasteiger partial charge < -0.3 is 4.74 Å². The SMILES string of the molecule is CC(C)CCOc1cncc(CCl)n1. The Balaban J connectivity index is 2.42. The molecule has 78 valence electrons. The molecule has 0 saturated carbocycles. The van der Waals surface area contributed by atoms with Crippen molar-refractivity contribution in [2.75, 3.05) is 6.61 Å². The van der Waals surface area contributed by atoms with Gasteiger partial charge >= 0.3 is 0 Å². The van der Waals surface area contributed by atoms with Crippen LogP contribution in [0, 0.1) is 5.92 Å². The summed E-state index contributed by atoms with van der Waals surface area (Å²) in [6.07, 6.45) is 4.27. The molecule has 0 aliphatic carbocycles. The Hall–Kier alpha value is -0.830. The summed E-state index contributed by atoms with van der Waals surface area (Å²) in [5.41, 5.74) is 0.744. The Morgan fingerprint density at radius 2 is 2.21 bits per heavy atom. The summed E-state index contributed by atoms with van der Waals surface area (Å²) in [6.45, 7) is 4.99. The van der Waals surface area contributed by atoms with Gasteiger partial charge in [0.1, 0.15) is 0 Å². The molecule has 0 aliphatic rings. The van der Waals surface area contributed by atoms with E-state index in [-0.39, 0.29) is 0 Å². The second-order valence-corrected chi connectivity index (χ2v) is 3.78. The van der Waals surface area contributed by atoms with Gasteiger partial charge in [-0.05, 0) is 12.3 Å². The lowest BCUT2D eigenvalue weighted by Gasteiger charge is -2.06. The van der Waals surface area contributed by atoms with Gasteiger partial charge in [-0.25, -0.2) is 4.98 Å². The van der Waals surface area contributed by atoms with Crippen LogP contribution in [0.25, 0.3) is 0 Å². The molecule has 0 amide bonds. The number of nitrogens with zero attached hydrogens (tertiary/aromatic N) is 2. The van der Waals surface area contributed by atoms with E-state index >= 15 is 0 Å². The first-order chi connectivity index (χ1) is 6.72. The van der Waals surface area contributed by atoms with Crippen molar-refractivity contribution in [1.82, 2.24) is 9.97 Å². The summed E-state index contributed by atoms with van der Waals surface area (Å²) in [5, 5.41) is 0. The molecular formula is C10H15ClN2O. The van der Waals surface area contributed by atoms with Crippen LogP contribution < -0.4 is 4.74 Å². The summed E-state index contributed by atoms with van der Waals surface area (Å²) in [4.78, 5) is 8.15. The van der Waals surface area contributed by atoms with Crippen LogP contribution in [-0.2, 0) is 5.88 Å². The predicted molar refractivity (Wildman–Crippen MR) is 56.5 cm³/mol. The second-order valence-electron chi connectivity index (χ2n) is 3.51. The average molecular weight is 215 g/mol. The van der Waals surface area contributed by atoms with Gasteiger partial charge in [0, 0.05) is 6.20 Å². The minimum atomic E-state index is 0.369.